The minimum atomic E-state index is -0.243. The Hall–Kier alpha value is -1.69. The van der Waals surface area contributed by atoms with Gasteiger partial charge in [-0.2, -0.15) is 0 Å². The van der Waals surface area contributed by atoms with E-state index in [9.17, 15) is 4.79 Å². The SMILES string of the molecule is CCOC(=O)c1c(C)[nH]c(C2=CSC3=N[C@@H]4CCCC[C@@H]4N23)c1C. The lowest BCUT2D eigenvalue weighted by atomic mass is 9.90. The number of carbonyl (C=O) groups excluding carboxylic acids is 1. The summed E-state index contributed by atoms with van der Waals surface area (Å²) < 4.78 is 5.22. The number of thioether (sulfide) groups is 1. The van der Waals surface area contributed by atoms with Gasteiger partial charge in [0.25, 0.3) is 0 Å². The molecule has 1 fully saturated rings. The Labute approximate surface area is 146 Å². The zero-order chi connectivity index (χ0) is 16.8. The van der Waals surface area contributed by atoms with E-state index >= 15 is 0 Å². The van der Waals surface area contributed by atoms with Crippen molar-refractivity contribution in [2.45, 2.75) is 58.5 Å². The molecule has 0 spiro atoms. The van der Waals surface area contributed by atoms with Crippen LogP contribution in [-0.4, -0.2) is 39.7 Å². The first-order chi connectivity index (χ1) is 11.6. The van der Waals surface area contributed by atoms with Gasteiger partial charge in [0.2, 0.25) is 0 Å². The average Bonchev–Trinajstić information content (AvgIpc) is 3.19. The monoisotopic (exact) mass is 345 g/mol. The van der Waals surface area contributed by atoms with Gasteiger partial charge in [-0.3, -0.25) is 4.99 Å². The molecule has 1 aliphatic carbocycles. The number of hydrogen-bond donors (Lipinski definition) is 1. The molecule has 2 atom stereocenters. The summed E-state index contributed by atoms with van der Waals surface area (Å²) in [5.41, 5.74) is 4.70. The van der Waals surface area contributed by atoms with Crippen molar-refractivity contribution in [3.8, 4) is 0 Å². The molecule has 0 saturated heterocycles. The van der Waals surface area contributed by atoms with E-state index in [0.717, 1.165) is 27.8 Å². The highest BCUT2D eigenvalue weighted by molar-refractivity contribution is 8.16. The highest BCUT2D eigenvalue weighted by Crippen LogP contribution is 2.44. The van der Waals surface area contributed by atoms with E-state index in [1.165, 1.54) is 25.7 Å². The Kier molecular flexibility index (Phi) is 3.95. The molecule has 1 saturated carbocycles. The third-order valence-corrected chi connectivity index (χ3v) is 6.07. The molecule has 2 aliphatic heterocycles. The first-order valence-corrected chi connectivity index (χ1v) is 9.60. The Morgan fingerprint density at radius 3 is 3.00 bits per heavy atom. The number of fused-ring (bicyclic) bond motifs is 3. The van der Waals surface area contributed by atoms with Crippen LogP contribution >= 0.6 is 11.8 Å². The molecule has 0 aromatic carbocycles. The van der Waals surface area contributed by atoms with E-state index in [1.54, 1.807) is 11.8 Å². The van der Waals surface area contributed by atoms with Gasteiger partial charge in [0.1, 0.15) is 0 Å². The molecule has 24 heavy (non-hydrogen) atoms. The maximum absolute atomic E-state index is 12.3. The van der Waals surface area contributed by atoms with Crippen LogP contribution in [0.25, 0.3) is 5.70 Å². The molecule has 0 unspecified atom stereocenters. The standard InChI is InChI=1S/C18H23N3O2S/c1-4-23-17(22)15-10(2)16(19-11(15)3)14-9-24-18-20-12-7-5-6-8-13(12)21(14)18/h9,12-13,19H,4-8H2,1-3H3/t12-,13+/m1/s1. The van der Waals surface area contributed by atoms with Gasteiger partial charge in [0.15, 0.2) is 5.17 Å². The maximum atomic E-state index is 12.3. The fourth-order valence-electron chi connectivity index (χ4n) is 4.12. The van der Waals surface area contributed by atoms with Crippen LogP contribution in [0.15, 0.2) is 10.4 Å². The molecule has 1 aromatic rings. The zero-order valence-electron chi connectivity index (χ0n) is 14.4. The van der Waals surface area contributed by atoms with Crippen molar-refractivity contribution >= 4 is 28.6 Å². The number of rotatable bonds is 3. The number of aliphatic imine (C=N–C) groups is 1. The summed E-state index contributed by atoms with van der Waals surface area (Å²) >= 11 is 1.70. The van der Waals surface area contributed by atoms with Gasteiger partial charge in [-0.1, -0.05) is 24.6 Å². The summed E-state index contributed by atoms with van der Waals surface area (Å²) in [6.45, 7) is 6.17. The number of carbonyl (C=O) groups is 1. The average molecular weight is 345 g/mol. The van der Waals surface area contributed by atoms with Gasteiger partial charge in [0, 0.05) is 11.1 Å². The molecular weight excluding hydrogens is 322 g/mol. The predicted molar refractivity (Wildman–Crippen MR) is 97.1 cm³/mol. The number of H-pyrrole nitrogens is 1. The first kappa shape index (κ1) is 15.8. The molecule has 3 aliphatic rings. The third-order valence-electron chi connectivity index (χ3n) is 5.22. The summed E-state index contributed by atoms with van der Waals surface area (Å²) in [5, 5.41) is 3.28. The molecule has 0 amide bonds. The van der Waals surface area contributed by atoms with Crippen LogP contribution in [0.2, 0.25) is 0 Å². The lowest BCUT2D eigenvalue weighted by Crippen LogP contribution is -2.38. The molecule has 6 heteroatoms. The summed E-state index contributed by atoms with van der Waals surface area (Å²) in [6, 6.07) is 0.912. The number of ether oxygens (including phenoxy) is 1. The summed E-state index contributed by atoms with van der Waals surface area (Å²) in [4.78, 5) is 23.0. The van der Waals surface area contributed by atoms with Crippen molar-refractivity contribution in [3.05, 3.63) is 27.9 Å². The second-order valence-corrected chi connectivity index (χ2v) is 7.50. The zero-order valence-corrected chi connectivity index (χ0v) is 15.2. The van der Waals surface area contributed by atoms with Gasteiger partial charge >= 0.3 is 5.97 Å². The van der Waals surface area contributed by atoms with Crippen LogP contribution in [0, 0.1) is 13.8 Å². The van der Waals surface area contributed by atoms with Crippen LogP contribution in [0.1, 0.15) is 59.9 Å². The van der Waals surface area contributed by atoms with Crippen molar-refractivity contribution < 1.29 is 9.53 Å². The van der Waals surface area contributed by atoms with Crippen molar-refractivity contribution in [1.82, 2.24) is 9.88 Å². The van der Waals surface area contributed by atoms with Gasteiger partial charge in [-0.05, 0) is 39.2 Å². The van der Waals surface area contributed by atoms with Gasteiger partial charge < -0.3 is 14.6 Å². The third kappa shape index (κ3) is 2.31. The molecule has 5 nitrogen and oxygen atoms in total. The molecule has 3 heterocycles. The largest absolute Gasteiger partial charge is 0.462 e. The van der Waals surface area contributed by atoms with Crippen LogP contribution in [0.4, 0.5) is 0 Å². The lowest BCUT2D eigenvalue weighted by molar-refractivity contribution is 0.0525. The van der Waals surface area contributed by atoms with Crippen LogP contribution < -0.4 is 0 Å². The van der Waals surface area contributed by atoms with Crippen molar-refractivity contribution in [1.29, 1.82) is 0 Å². The fraction of sp³-hybridized carbons (Fsp3) is 0.556. The van der Waals surface area contributed by atoms with Crippen molar-refractivity contribution in [2.75, 3.05) is 6.61 Å². The molecular formula is C18H23N3O2S. The number of nitrogens with zero attached hydrogens (tertiary/aromatic N) is 2. The highest BCUT2D eigenvalue weighted by atomic mass is 32.2. The van der Waals surface area contributed by atoms with E-state index in [-0.39, 0.29) is 5.97 Å². The Balaban J connectivity index is 1.69. The number of aromatic amines is 1. The van der Waals surface area contributed by atoms with Gasteiger partial charge in [0.05, 0.1) is 35.6 Å². The Morgan fingerprint density at radius 2 is 2.21 bits per heavy atom. The molecule has 0 radical (unpaired) electrons. The molecule has 1 N–H and O–H groups in total. The normalized spacial score (nSPS) is 25.2. The molecule has 0 bridgehead atoms. The minimum Gasteiger partial charge on any atom is -0.462 e. The minimum absolute atomic E-state index is 0.243. The number of aromatic nitrogens is 1. The Morgan fingerprint density at radius 1 is 1.42 bits per heavy atom. The predicted octanol–water partition coefficient (Wildman–Crippen LogP) is 3.84. The maximum Gasteiger partial charge on any atom is 0.340 e. The molecule has 128 valence electrons. The summed E-state index contributed by atoms with van der Waals surface area (Å²) in [7, 11) is 0. The van der Waals surface area contributed by atoms with Crippen molar-refractivity contribution in [2.24, 2.45) is 4.99 Å². The number of esters is 1. The highest BCUT2D eigenvalue weighted by Gasteiger charge is 2.43. The second kappa shape index (κ2) is 5.99. The summed E-state index contributed by atoms with van der Waals surface area (Å²) in [6.07, 6.45) is 4.94. The van der Waals surface area contributed by atoms with E-state index in [1.807, 2.05) is 20.8 Å². The molecule has 4 rings (SSSR count). The van der Waals surface area contributed by atoms with Gasteiger partial charge in [-0.25, -0.2) is 4.79 Å². The van der Waals surface area contributed by atoms with E-state index in [2.05, 4.69) is 15.3 Å². The number of amidine groups is 1. The first-order valence-electron chi connectivity index (χ1n) is 8.72. The number of nitrogens with one attached hydrogen (secondary N) is 1. The van der Waals surface area contributed by atoms with Gasteiger partial charge in [-0.15, -0.1) is 0 Å². The number of hydrogen-bond acceptors (Lipinski definition) is 5. The topological polar surface area (TPSA) is 57.7 Å². The van der Waals surface area contributed by atoms with Crippen LogP contribution in [-0.2, 0) is 4.74 Å². The quantitative estimate of drug-likeness (QED) is 0.846. The number of aryl methyl sites for hydroxylation is 1. The second-order valence-electron chi connectivity index (χ2n) is 6.67. The lowest BCUT2D eigenvalue weighted by Gasteiger charge is -2.31. The Bertz CT molecular complexity index is 750. The smallest absolute Gasteiger partial charge is 0.340 e. The van der Waals surface area contributed by atoms with Crippen LogP contribution in [0.5, 0.6) is 0 Å². The van der Waals surface area contributed by atoms with Crippen molar-refractivity contribution in [3.63, 3.8) is 0 Å². The van der Waals surface area contributed by atoms with E-state index in [4.69, 9.17) is 9.73 Å². The van der Waals surface area contributed by atoms with E-state index < -0.39 is 0 Å². The van der Waals surface area contributed by atoms with Crippen LogP contribution in [0.3, 0.4) is 0 Å². The fourth-order valence-corrected chi connectivity index (χ4v) is 5.11. The van der Waals surface area contributed by atoms with E-state index in [0.29, 0.717) is 24.3 Å². The summed E-state index contributed by atoms with van der Waals surface area (Å²) in [5.74, 6) is -0.243. The molecule has 1 aromatic heterocycles.